The first-order valence-corrected chi connectivity index (χ1v) is 11.9. The summed E-state index contributed by atoms with van der Waals surface area (Å²) < 4.78 is 1.72. The van der Waals surface area contributed by atoms with Gasteiger partial charge in [0.2, 0.25) is 5.95 Å². The summed E-state index contributed by atoms with van der Waals surface area (Å²) in [7, 11) is 0. The van der Waals surface area contributed by atoms with Gasteiger partial charge in [0.25, 0.3) is 5.56 Å². The highest BCUT2D eigenvalue weighted by molar-refractivity contribution is 7.18. The van der Waals surface area contributed by atoms with Crippen LogP contribution in [0.3, 0.4) is 0 Å². The highest BCUT2D eigenvalue weighted by Gasteiger charge is 2.22. The first-order valence-electron chi connectivity index (χ1n) is 10.7. The minimum Gasteiger partial charge on any atom is -0.342 e. The average molecular weight is 455 g/mol. The maximum atomic E-state index is 14.0. The van der Waals surface area contributed by atoms with Gasteiger partial charge in [0, 0.05) is 28.4 Å². The smallest absolute Gasteiger partial charge is 0.269 e. The Balaban J connectivity index is 2.17. The van der Waals surface area contributed by atoms with Crippen LogP contribution in [0.1, 0.15) is 42.8 Å². The Morgan fingerprint density at radius 2 is 1.65 bits per heavy atom. The molecule has 3 aromatic heterocycles. The second kappa shape index (κ2) is 8.60. The lowest BCUT2D eigenvalue weighted by molar-refractivity contribution is 0.705. The van der Waals surface area contributed by atoms with Gasteiger partial charge in [-0.3, -0.25) is 4.79 Å². The van der Waals surface area contributed by atoms with Gasteiger partial charge < -0.3 is 4.90 Å². The van der Waals surface area contributed by atoms with Crippen LogP contribution in [0.2, 0.25) is 5.02 Å². The fourth-order valence-electron chi connectivity index (χ4n) is 4.08. The van der Waals surface area contributed by atoms with Gasteiger partial charge in [0.05, 0.1) is 22.3 Å². The first kappa shape index (κ1) is 21.8. The van der Waals surface area contributed by atoms with Gasteiger partial charge in [-0.05, 0) is 63.4 Å². The van der Waals surface area contributed by atoms with Crippen LogP contribution in [0.5, 0.6) is 0 Å². The van der Waals surface area contributed by atoms with Crippen LogP contribution in [-0.2, 0) is 0 Å². The van der Waals surface area contributed by atoms with Crippen molar-refractivity contribution < 1.29 is 0 Å². The summed E-state index contributed by atoms with van der Waals surface area (Å²) in [5.41, 5.74) is 3.29. The van der Waals surface area contributed by atoms with Crippen LogP contribution in [0.25, 0.3) is 26.8 Å². The molecule has 0 amide bonds. The number of rotatable bonds is 6. The topological polar surface area (TPSA) is 51.0 Å². The predicted octanol–water partition coefficient (Wildman–Crippen LogP) is 6.20. The predicted molar refractivity (Wildman–Crippen MR) is 133 cm³/mol. The lowest BCUT2D eigenvalue weighted by atomic mass is 10.1. The van der Waals surface area contributed by atoms with Crippen molar-refractivity contribution >= 4 is 50.0 Å². The van der Waals surface area contributed by atoms with Crippen molar-refractivity contribution in [1.29, 1.82) is 0 Å². The van der Waals surface area contributed by atoms with Gasteiger partial charge in [0.1, 0.15) is 4.83 Å². The fraction of sp³-hybridized carbons (Fsp3) is 0.375. The van der Waals surface area contributed by atoms with Crippen LogP contribution in [-0.4, -0.2) is 27.6 Å². The van der Waals surface area contributed by atoms with Crippen molar-refractivity contribution in [3.8, 4) is 5.69 Å². The van der Waals surface area contributed by atoms with Crippen molar-refractivity contribution in [3.05, 3.63) is 55.8 Å². The third kappa shape index (κ3) is 3.72. The number of hydrogen-bond donors (Lipinski definition) is 0. The molecule has 3 heterocycles. The number of halogens is 1. The van der Waals surface area contributed by atoms with Crippen molar-refractivity contribution in [1.82, 2.24) is 14.5 Å². The molecule has 0 fully saturated rings. The molecule has 0 aliphatic rings. The molecule has 0 aliphatic carbocycles. The zero-order valence-corrected chi connectivity index (χ0v) is 20.2. The van der Waals surface area contributed by atoms with Crippen LogP contribution in [0.4, 0.5) is 5.95 Å². The monoisotopic (exact) mass is 454 g/mol. The molecule has 0 N–H and O–H groups in total. The molecule has 7 heteroatoms. The zero-order chi connectivity index (χ0) is 22.3. The third-order valence-corrected chi connectivity index (χ3v) is 7.01. The van der Waals surface area contributed by atoms with E-state index < -0.39 is 0 Å². The quantitative estimate of drug-likeness (QED) is 0.348. The molecular formula is C24H27ClN4OS. The Hall–Kier alpha value is -2.44. The SMILES string of the molecule is CCCN(CCC)c1nc2c(c(C)nc3sc(C)c(C)c32)c(=O)n1-c1ccc(Cl)cc1. The largest absolute Gasteiger partial charge is 0.342 e. The summed E-state index contributed by atoms with van der Waals surface area (Å²) >= 11 is 7.79. The number of benzene rings is 1. The van der Waals surface area contributed by atoms with Gasteiger partial charge in [-0.15, -0.1) is 11.3 Å². The Bertz CT molecular complexity index is 1320. The Labute approximate surface area is 191 Å². The van der Waals surface area contributed by atoms with Gasteiger partial charge in [-0.2, -0.15) is 0 Å². The second-order valence-corrected chi connectivity index (χ2v) is 9.54. The summed E-state index contributed by atoms with van der Waals surface area (Å²) in [5.74, 6) is 0.679. The maximum Gasteiger partial charge on any atom is 0.269 e. The lowest BCUT2D eigenvalue weighted by Gasteiger charge is -2.26. The Morgan fingerprint density at radius 1 is 1.00 bits per heavy atom. The van der Waals surface area contributed by atoms with E-state index >= 15 is 0 Å². The normalized spacial score (nSPS) is 11.5. The average Bonchev–Trinajstić information content (AvgIpc) is 3.01. The van der Waals surface area contributed by atoms with Crippen molar-refractivity contribution in [3.63, 3.8) is 0 Å². The van der Waals surface area contributed by atoms with E-state index in [0.717, 1.165) is 52.9 Å². The molecule has 31 heavy (non-hydrogen) atoms. The molecule has 0 aliphatic heterocycles. The molecular weight excluding hydrogens is 428 g/mol. The van der Waals surface area contributed by atoms with E-state index in [1.807, 2.05) is 31.2 Å². The molecule has 0 bridgehead atoms. The van der Waals surface area contributed by atoms with Gasteiger partial charge >= 0.3 is 0 Å². The number of hydrogen-bond acceptors (Lipinski definition) is 5. The molecule has 1 aromatic carbocycles. The maximum absolute atomic E-state index is 14.0. The minimum absolute atomic E-state index is 0.0883. The fourth-order valence-corrected chi connectivity index (χ4v) is 5.28. The molecule has 0 saturated carbocycles. The highest BCUT2D eigenvalue weighted by atomic mass is 35.5. The Morgan fingerprint density at radius 3 is 2.26 bits per heavy atom. The molecule has 4 aromatic rings. The molecule has 0 radical (unpaired) electrons. The van der Waals surface area contributed by atoms with Crippen LogP contribution < -0.4 is 10.5 Å². The van der Waals surface area contributed by atoms with E-state index in [-0.39, 0.29) is 5.56 Å². The molecule has 5 nitrogen and oxygen atoms in total. The van der Waals surface area contributed by atoms with Crippen molar-refractivity contribution in [2.75, 3.05) is 18.0 Å². The van der Waals surface area contributed by atoms with Gasteiger partial charge in [-0.1, -0.05) is 25.4 Å². The van der Waals surface area contributed by atoms with E-state index in [9.17, 15) is 4.79 Å². The number of aromatic nitrogens is 3. The van der Waals surface area contributed by atoms with Crippen LogP contribution in [0.15, 0.2) is 29.1 Å². The molecule has 162 valence electrons. The summed E-state index contributed by atoms with van der Waals surface area (Å²) in [6, 6.07) is 7.36. The number of thiophene rings is 1. The highest BCUT2D eigenvalue weighted by Crippen LogP contribution is 2.35. The standard InChI is InChI=1S/C24H27ClN4OS/c1-6-12-28(13-7-2)24-27-21-19-14(3)16(5)31-22(19)26-15(4)20(21)23(30)29(24)18-10-8-17(25)9-11-18/h8-11H,6-7,12-13H2,1-5H3. The van der Waals surface area contributed by atoms with E-state index in [4.69, 9.17) is 21.6 Å². The third-order valence-electron chi connectivity index (χ3n) is 5.65. The van der Waals surface area contributed by atoms with Crippen molar-refractivity contribution in [2.24, 2.45) is 0 Å². The second-order valence-electron chi connectivity index (χ2n) is 7.90. The summed E-state index contributed by atoms with van der Waals surface area (Å²) in [5, 5.41) is 2.22. The van der Waals surface area contributed by atoms with E-state index in [2.05, 4.69) is 32.6 Å². The number of pyridine rings is 1. The lowest BCUT2D eigenvalue weighted by Crippen LogP contribution is -2.34. The number of anilines is 1. The number of fused-ring (bicyclic) bond motifs is 3. The summed E-state index contributed by atoms with van der Waals surface area (Å²) in [6.45, 7) is 12.0. The summed E-state index contributed by atoms with van der Waals surface area (Å²) in [6.07, 6.45) is 1.94. The first-order chi connectivity index (χ1) is 14.9. The molecule has 0 saturated heterocycles. The van der Waals surface area contributed by atoms with Crippen LogP contribution in [0, 0.1) is 20.8 Å². The Kier molecular flexibility index (Phi) is 6.04. The summed E-state index contributed by atoms with van der Waals surface area (Å²) in [4.78, 5) is 28.3. The van der Waals surface area contributed by atoms with E-state index in [1.54, 1.807) is 15.9 Å². The van der Waals surface area contributed by atoms with Crippen LogP contribution >= 0.6 is 22.9 Å². The molecule has 0 atom stereocenters. The van der Waals surface area contributed by atoms with Gasteiger partial charge in [-0.25, -0.2) is 14.5 Å². The number of nitrogens with zero attached hydrogens (tertiary/aromatic N) is 4. The molecule has 0 spiro atoms. The zero-order valence-electron chi connectivity index (χ0n) is 18.6. The van der Waals surface area contributed by atoms with E-state index in [0.29, 0.717) is 22.1 Å². The number of aryl methyl sites for hydroxylation is 3. The van der Waals surface area contributed by atoms with Crippen molar-refractivity contribution in [2.45, 2.75) is 47.5 Å². The molecule has 0 unspecified atom stereocenters. The molecule has 4 rings (SSSR count). The minimum atomic E-state index is -0.0883. The van der Waals surface area contributed by atoms with Gasteiger partial charge in [0.15, 0.2) is 0 Å². The van der Waals surface area contributed by atoms with E-state index in [1.165, 1.54) is 4.88 Å².